The van der Waals surface area contributed by atoms with Gasteiger partial charge in [-0.15, -0.1) is 0 Å². The molecule has 0 fully saturated rings. The van der Waals surface area contributed by atoms with Crippen molar-refractivity contribution in [3.63, 3.8) is 0 Å². The molecular weight excluding hydrogens is 388 g/mol. The summed E-state index contributed by atoms with van der Waals surface area (Å²) in [5, 5.41) is 5.65. The molecule has 0 atom stereocenters. The summed E-state index contributed by atoms with van der Waals surface area (Å²) in [4.78, 5) is 16.9. The van der Waals surface area contributed by atoms with E-state index >= 15 is 0 Å². The number of rotatable bonds is 8. The third-order valence-corrected chi connectivity index (χ3v) is 5.58. The minimum Gasteiger partial charge on any atom is -0.375 e. The predicted molar refractivity (Wildman–Crippen MR) is 115 cm³/mol. The van der Waals surface area contributed by atoms with E-state index in [9.17, 15) is 4.79 Å². The van der Waals surface area contributed by atoms with Crippen molar-refractivity contribution in [2.24, 2.45) is 0 Å². The third-order valence-electron chi connectivity index (χ3n) is 5.34. The summed E-state index contributed by atoms with van der Waals surface area (Å²) < 4.78 is 7.10. The molecule has 0 aliphatic carbocycles. The number of nitrogens with zero attached hydrogens (tertiary/aromatic N) is 4. The van der Waals surface area contributed by atoms with Crippen molar-refractivity contribution in [1.82, 2.24) is 19.6 Å². The molecule has 0 saturated carbocycles. The van der Waals surface area contributed by atoms with Crippen molar-refractivity contribution < 1.29 is 9.53 Å². The number of carbonyl (C=O) groups excluding carboxylic acids is 1. The van der Waals surface area contributed by atoms with E-state index in [-0.39, 0.29) is 18.6 Å². The van der Waals surface area contributed by atoms with E-state index in [1.165, 1.54) is 11.3 Å². The topological polar surface area (TPSA) is 50.6 Å². The first-order valence-electron chi connectivity index (χ1n) is 10.3. The quantitative estimate of drug-likeness (QED) is 0.656. The second-order valence-electron chi connectivity index (χ2n) is 7.84. The first-order valence-corrected chi connectivity index (χ1v) is 10.7. The Hall–Kier alpha value is -1.89. The zero-order valence-electron chi connectivity index (χ0n) is 17.8. The summed E-state index contributed by atoms with van der Waals surface area (Å²) in [6.07, 6.45) is 2.06. The normalized spacial score (nSPS) is 14.3. The molecule has 1 aromatic carbocycles. The number of amides is 1. The average molecular weight is 419 g/mol. The molecule has 1 aliphatic heterocycles. The van der Waals surface area contributed by atoms with Gasteiger partial charge in [0, 0.05) is 43.2 Å². The van der Waals surface area contributed by atoms with E-state index in [2.05, 4.69) is 11.8 Å². The van der Waals surface area contributed by atoms with E-state index in [0.717, 1.165) is 43.9 Å². The Balaban J connectivity index is 2.00. The molecule has 0 unspecified atom stereocenters. The molecule has 1 amide bonds. The maximum Gasteiger partial charge on any atom is 0.249 e. The molecule has 6 nitrogen and oxygen atoms in total. The number of hydrogen-bond donors (Lipinski definition) is 0. The molecule has 0 radical (unpaired) electrons. The zero-order chi connectivity index (χ0) is 21.0. The lowest BCUT2D eigenvalue weighted by Crippen LogP contribution is -2.39. The Kier molecular flexibility index (Phi) is 7.33. The molecule has 2 heterocycles. The maximum absolute atomic E-state index is 12.6. The maximum atomic E-state index is 12.6. The van der Waals surface area contributed by atoms with E-state index < -0.39 is 0 Å². The fraction of sp³-hybridized carbons (Fsp3) is 0.545. The fourth-order valence-electron chi connectivity index (χ4n) is 3.92. The first-order chi connectivity index (χ1) is 13.9. The summed E-state index contributed by atoms with van der Waals surface area (Å²) in [7, 11) is 1.55. The molecule has 0 bridgehead atoms. The van der Waals surface area contributed by atoms with E-state index in [0.29, 0.717) is 11.6 Å². The highest BCUT2D eigenvalue weighted by Crippen LogP contribution is 2.27. The number of carbonyl (C=O) groups is 1. The van der Waals surface area contributed by atoms with Gasteiger partial charge in [0.1, 0.15) is 6.61 Å². The number of benzene rings is 1. The van der Waals surface area contributed by atoms with Gasteiger partial charge in [0.15, 0.2) is 0 Å². The predicted octanol–water partition coefficient (Wildman–Crippen LogP) is 3.68. The van der Waals surface area contributed by atoms with Crippen LogP contribution in [-0.2, 0) is 29.0 Å². The molecule has 7 heteroatoms. The van der Waals surface area contributed by atoms with Crippen LogP contribution in [0.3, 0.4) is 0 Å². The van der Waals surface area contributed by atoms with Crippen LogP contribution in [0.5, 0.6) is 0 Å². The molecule has 1 aromatic heterocycles. The van der Waals surface area contributed by atoms with E-state index in [1.54, 1.807) is 7.11 Å². The third kappa shape index (κ3) is 5.00. The number of hydrogen-bond acceptors (Lipinski definition) is 4. The van der Waals surface area contributed by atoms with E-state index in [1.807, 2.05) is 47.7 Å². The largest absolute Gasteiger partial charge is 0.375 e. The van der Waals surface area contributed by atoms with Gasteiger partial charge in [0.05, 0.1) is 23.6 Å². The molecule has 158 valence electrons. The number of fused-ring (bicyclic) bond motifs is 1. The number of methoxy groups -OCH3 is 1. The molecular formula is C22H31ClN4O2. The van der Waals surface area contributed by atoms with Crippen LogP contribution in [0.1, 0.15) is 44.1 Å². The van der Waals surface area contributed by atoms with Gasteiger partial charge < -0.3 is 9.64 Å². The minimum atomic E-state index is -0.0187. The molecule has 29 heavy (non-hydrogen) atoms. The summed E-state index contributed by atoms with van der Waals surface area (Å²) in [5.41, 5.74) is 4.38. The van der Waals surface area contributed by atoms with Crippen molar-refractivity contribution in [2.75, 3.05) is 26.8 Å². The molecule has 0 saturated heterocycles. The smallest absolute Gasteiger partial charge is 0.249 e. The average Bonchev–Trinajstić information content (AvgIpc) is 3.04. The van der Waals surface area contributed by atoms with Crippen molar-refractivity contribution in [1.29, 1.82) is 0 Å². The molecule has 1 aliphatic rings. The van der Waals surface area contributed by atoms with Crippen LogP contribution in [0.15, 0.2) is 24.3 Å². The molecule has 0 spiro atoms. The van der Waals surface area contributed by atoms with Gasteiger partial charge in [-0.25, -0.2) is 4.68 Å². The molecule has 2 aromatic rings. The van der Waals surface area contributed by atoms with Crippen LogP contribution >= 0.6 is 11.6 Å². The second-order valence-corrected chi connectivity index (χ2v) is 8.27. The van der Waals surface area contributed by atoms with Gasteiger partial charge in [-0.3, -0.25) is 9.69 Å². The summed E-state index contributed by atoms with van der Waals surface area (Å²) in [6.45, 7) is 9.77. The number of halogens is 1. The highest BCUT2D eigenvalue weighted by Gasteiger charge is 2.28. The fourth-order valence-corrected chi connectivity index (χ4v) is 4.11. The Bertz CT molecular complexity index is 849. The van der Waals surface area contributed by atoms with Crippen LogP contribution in [-0.4, -0.2) is 58.3 Å². The first kappa shape index (κ1) is 21.8. The number of aromatic nitrogens is 2. The van der Waals surface area contributed by atoms with Gasteiger partial charge in [-0.1, -0.05) is 24.6 Å². The lowest BCUT2D eigenvalue weighted by atomic mass is 10.0. The number of ether oxygens (including phenoxy) is 1. The van der Waals surface area contributed by atoms with Crippen LogP contribution in [0.4, 0.5) is 0 Å². The van der Waals surface area contributed by atoms with Gasteiger partial charge in [-0.2, -0.15) is 5.10 Å². The minimum absolute atomic E-state index is 0.0187. The lowest BCUT2D eigenvalue weighted by Gasteiger charge is -2.29. The van der Waals surface area contributed by atoms with Crippen molar-refractivity contribution in [3.05, 3.63) is 46.2 Å². The van der Waals surface area contributed by atoms with Gasteiger partial charge in [0.2, 0.25) is 5.91 Å². The summed E-state index contributed by atoms with van der Waals surface area (Å²) in [5.74, 6) is -0.0187. The van der Waals surface area contributed by atoms with Gasteiger partial charge in [-0.05, 0) is 45.0 Å². The lowest BCUT2D eigenvalue weighted by molar-refractivity contribution is -0.137. The van der Waals surface area contributed by atoms with Crippen LogP contribution in [0.2, 0.25) is 5.02 Å². The van der Waals surface area contributed by atoms with E-state index in [4.69, 9.17) is 21.4 Å². The van der Waals surface area contributed by atoms with Crippen molar-refractivity contribution in [2.45, 2.75) is 52.7 Å². The Labute approximate surface area is 178 Å². The summed E-state index contributed by atoms with van der Waals surface area (Å²) >= 11 is 6.24. The Morgan fingerprint density at radius 3 is 2.83 bits per heavy atom. The highest BCUT2D eigenvalue weighted by molar-refractivity contribution is 6.30. The Morgan fingerprint density at radius 2 is 2.17 bits per heavy atom. The summed E-state index contributed by atoms with van der Waals surface area (Å²) in [6, 6.07) is 7.85. The van der Waals surface area contributed by atoms with Crippen molar-refractivity contribution >= 4 is 17.5 Å². The Morgan fingerprint density at radius 1 is 1.38 bits per heavy atom. The second kappa shape index (κ2) is 9.74. The molecule has 0 N–H and O–H groups in total. The van der Waals surface area contributed by atoms with Crippen molar-refractivity contribution in [3.8, 4) is 5.69 Å². The van der Waals surface area contributed by atoms with Crippen LogP contribution in [0, 0.1) is 0 Å². The highest BCUT2D eigenvalue weighted by atomic mass is 35.5. The molecule has 3 rings (SSSR count). The van der Waals surface area contributed by atoms with Gasteiger partial charge in [0.25, 0.3) is 0 Å². The van der Waals surface area contributed by atoms with Crippen LogP contribution < -0.4 is 0 Å². The van der Waals surface area contributed by atoms with Gasteiger partial charge >= 0.3 is 0 Å². The standard InChI is InChI=1S/C22H31ClN4O2/c1-5-10-25-11-9-21-19(13-25)20(14-26(16(2)3)22(28)15-29-4)24-27(21)18-8-6-7-17(23)12-18/h6-8,12,16H,5,9-11,13-15H2,1-4H3. The monoisotopic (exact) mass is 418 g/mol. The zero-order valence-corrected chi connectivity index (χ0v) is 18.6. The SMILES string of the molecule is CCCN1CCc2c(c(CN(C(=O)COC)C(C)C)nn2-c2cccc(Cl)c2)C1. The van der Waals surface area contributed by atoms with Crippen LogP contribution in [0.25, 0.3) is 5.69 Å².